The zero-order valence-corrected chi connectivity index (χ0v) is 15.4. The van der Waals surface area contributed by atoms with Gasteiger partial charge < -0.3 is 25.4 Å². The lowest BCUT2D eigenvalue weighted by atomic mass is 9.84. The molecular weight excluding hydrogens is 359 g/mol. The van der Waals surface area contributed by atoms with Gasteiger partial charge in [-0.1, -0.05) is 20.3 Å². The van der Waals surface area contributed by atoms with Crippen molar-refractivity contribution in [2.75, 3.05) is 12.1 Å². The highest BCUT2D eigenvalue weighted by molar-refractivity contribution is 6.13. The van der Waals surface area contributed by atoms with Gasteiger partial charge in [0, 0.05) is 6.20 Å². The van der Waals surface area contributed by atoms with Crippen LogP contribution in [-0.4, -0.2) is 69.7 Å². The molecule has 0 radical (unpaired) electrons. The van der Waals surface area contributed by atoms with Crippen molar-refractivity contribution in [1.82, 2.24) is 9.55 Å². The van der Waals surface area contributed by atoms with Crippen LogP contribution < -0.4 is 16.9 Å². The van der Waals surface area contributed by atoms with Crippen LogP contribution in [0.25, 0.3) is 0 Å². The van der Waals surface area contributed by atoms with Gasteiger partial charge in [0.2, 0.25) is 0 Å². The fourth-order valence-electron chi connectivity index (χ4n) is 2.85. The predicted octanol–water partition coefficient (Wildman–Crippen LogP) is -2.67. The third-order valence-corrected chi connectivity index (χ3v) is 4.96. The second-order valence-electron chi connectivity index (χ2n) is 6.76. The molecule has 0 bridgehead atoms. The van der Waals surface area contributed by atoms with Gasteiger partial charge >= 0.3 is 11.7 Å². The second-order valence-corrected chi connectivity index (χ2v) is 6.76. The van der Waals surface area contributed by atoms with Crippen LogP contribution in [0, 0.1) is 5.92 Å². The molecule has 1 saturated heterocycles. The maximum Gasteiger partial charge on any atom is 0.351 e. The summed E-state index contributed by atoms with van der Waals surface area (Å²) in [6.45, 7) is 3.38. The van der Waals surface area contributed by atoms with Gasteiger partial charge in [-0.05, 0) is 12.0 Å². The van der Waals surface area contributed by atoms with E-state index in [0.717, 1.165) is 4.57 Å². The molecule has 0 aromatic carbocycles. The van der Waals surface area contributed by atoms with E-state index in [1.807, 2.05) is 13.8 Å². The van der Waals surface area contributed by atoms with Crippen molar-refractivity contribution in [2.24, 2.45) is 11.7 Å². The Bertz CT molecular complexity index is 732. The van der Waals surface area contributed by atoms with Crippen LogP contribution >= 0.6 is 0 Å². The summed E-state index contributed by atoms with van der Waals surface area (Å²) in [5, 5.41) is 29.5. The Hall–Kier alpha value is -1.99. The molecule has 2 rings (SSSR count). The molecule has 0 aliphatic carbocycles. The predicted molar refractivity (Wildman–Crippen MR) is 95.7 cm³/mol. The minimum absolute atomic E-state index is 0.0777. The summed E-state index contributed by atoms with van der Waals surface area (Å²) in [4.78, 5) is 27.7. The highest BCUT2D eigenvalue weighted by Crippen LogP contribution is 2.32. The van der Waals surface area contributed by atoms with Crippen LogP contribution in [0.15, 0.2) is 17.1 Å². The fourth-order valence-corrected chi connectivity index (χ4v) is 2.85. The molecule has 11 nitrogen and oxygen atoms in total. The first-order valence-corrected chi connectivity index (χ1v) is 8.62. The van der Waals surface area contributed by atoms with E-state index in [2.05, 4.69) is 4.98 Å². The molecule has 1 fully saturated rings. The Kier molecular flexibility index (Phi) is 6.60. The summed E-state index contributed by atoms with van der Waals surface area (Å²) in [6, 6.07) is 0.475. The number of aliphatic hydroxyl groups excluding tert-OH is 2. The maximum atomic E-state index is 12.1. The van der Waals surface area contributed by atoms with Crippen LogP contribution in [0.1, 0.15) is 20.3 Å². The number of nitrogens with two attached hydrogens (primary N) is 1. The number of esters is 1. The number of anilines is 1. The zero-order valence-electron chi connectivity index (χ0n) is 15.4. The lowest BCUT2D eigenvalue weighted by Gasteiger charge is -2.30. The van der Waals surface area contributed by atoms with E-state index in [9.17, 15) is 19.8 Å². The highest BCUT2D eigenvalue weighted by atomic mass is 16.6. The number of hydrogen-bond donors (Lipinski definition) is 5. The Morgan fingerprint density at radius 2 is 2.26 bits per heavy atom. The molecule has 27 heavy (non-hydrogen) atoms. The Labute approximate surface area is 156 Å². The lowest BCUT2D eigenvalue weighted by Crippen LogP contribution is -2.51. The maximum absolute atomic E-state index is 12.1. The van der Waals surface area contributed by atoms with E-state index in [1.165, 1.54) is 20.1 Å². The molecule has 1 aromatic heterocycles. The van der Waals surface area contributed by atoms with Crippen LogP contribution in [0.4, 0.5) is 5.82 Å². The minimum Gasteiger partial charge on any atom is -0.462 e. The van der Waals surface area contributed by atoms with E-state index in [0.29, 0.717) is 6.42 Å². The van der Waals surface area contributed by atoms with E-state index in [-0.39, 0.29) is 18.3 Å². The molecule has 0 amide bonds. The van der Waals surface area contributed by atoms with Crippen LogP contribution in [0.3, 0.4) is 0 Å². The minimum atomic E-state index is -1.65. The van der Waals surface area contributed by atoms with Gasteiger partial charge in [0.05, 0.1) is 0 Å². The molecular formula is C15H25BN4O7. The average molecular weight is 384 g/mol. The zero-order chi connectivity index (χ0) is 20.4. The molecule has 1 aromatic rings. The average Bonchev–Trinajstić information content (AvgIpc) is 2.88. The molecule has 1 aliphatic heterocycles. The van der Waals surface area contributed by atoms with Crippen molar-refractivity contribution in [2.45, 2.75) is 50.2 Å². The first-order valence-electron chi connectivity index (χ1n) is 8.62. The van der Waals surface area contributed by atoms with Gasteiger partial charge in [-0.3, -0.25) is 20.0 Å². The van der Waals surface area contributed by atoms with Gasteiger partial charge in [0.1, 0.15) is 36.6 Å². The van der Waals surface area contributed by atoms with Crippen molar-refractivity contribution in [1.29, 1.82) is 0 Å². The summed E-state index contributed by atoms with van der Waals surface area (Å²) in [6.07, 6.45) is -2.02. The fraction of sp³-hybridized carbons (Fsp3) is 0.667. The number of ether oxygens (including phenoxy) is 2. The summed E-state index contributed by atoms with van der Waals surface area (Å²) in [5.41, 5.74) is 5.07. The molecule has 0 spiro atoms. The van der Waals surface area contributed by atoms with E-state index in [1.54, 1.807) is 5.48 Å². The second kappa shape index (κ2) is 8.36. The van der Waals surface area contributed by atoms with E-state index in [4.69, 9.17) is 20.4 Å². The topological polar surface area (TPSA) is 169 Å². The smallest absolute Gasteiger partial charge is 0.351 e. The van der Waals surface area contributed by atoms with Crippen molar-refractivity contribution >= 4 is 19.6 Å². The summed E-state index contributed by atoms with van der Waals surface area (Å²) in [5.74, 6) is -0.802. The lowest BCUT2D eigenvalue weighted by molar-refractivity contribution is -0.154. The van der Waals surface area contributed by atoms with E-state index < -0.39 is 41.6 Å². The molecule has 1 unspecified atom stereocenters. The Morgan fingerprint density at radius 3 is 2.81 bits per heavy atom. The number of aliphatic hydroxyl groups is 2. The van der Waals surface area contributed by atoms with Gasteiger partial charge in [-0.25, -0.2) is 4.79 Å². The number of carbonyl (C=O) groups is 1. The summed E-state index contributed by atoms with van der Waals surface area (Å²) in [7, 11) is 1.39. The van der Waals surface area contributed by atoms with Crippen LogP contribution in [0.2, 0.25) is 0 Å². The molecule has 150 valence electrons. The van der Waals surface area contributed by atoms with Gasteiger partial charge in [0.15, 0.2) is 13.7 Å². The van der Waals surface area contributed by atoms with Crippen molar-refractivity contribution in [3.05, 3.63) is 22.7 Å². The Morgan fingerprint density at radius 1 is 1.59 bits per heavy atom. The molecule has 2 heterocycles. The van der Waals surface area contributed by atoms with Gasteiger partial charge in [-0.2, -0.15) is 4.98 Å². The number of rotatable bonds is 7. The normalized spacial score (nSPS) is 29.9. The third-order valence-electron chi connectivity index (χ3n) is 4.96. The highest BCUT2D eigenvalue weighted by Gasteiger charge is 2.53. The number of hydrogen-bond acceptors (Lipinski definition) is 10. The van der Waals surface area contributed by atoms with Crippen LogP contribution in [-0.2, 0) is 19.9 Å². The molecule has 1 aliphatic rings. The van der Waals surface area contributed by atoms with Gasteiger partial charge in [-0.15, -0.1) is 0 Å². The summed E-state index contributed by atoms with van der Waals surface area (Å²) < 4.78 is 11.8. The Balaban J connectivity index is 2.13. The van der Waals surface area contributed by atoms with E-state index >= 15 is 0 Å². The largest absolute Gasteiger partial charge is 0.462 e. The molecule has 6 atom stereocenters. The monoisotopic (exact) mass is 384 g/mol. The first kappa shape index (κ1) is 21.3. The molecule has 0 saturated carbocycles. The van der Waals surface area contributed by atoms with Gasteiger partial charge in [0.25, 0.3) is 0 Å². The number of carbonyl (C=O) groups excluding carboxylic acids is 1. The number of aromatic nitrogens is 2. The SMILES string of the molecule is B[C@@]1(n2ccc(NO)nc2=O)O[C@H](COC(=O)C(N)[C@H](C)CC)[C@@H](O)[C@H]1O. The van der Waals surface area contributed by atoms with Crippen molar-refractivity contribution < 1.29 is 29.7 Å². The molecule has 6 N–H and O–H groups in total. The number of nitrogens with zero attached hydrogens (tertiary/aromatic N) is 2. The standard InChI is InChI=1S/C15H25BN4O7/c1-3-7(2)10(17)13(23)26-6-8-11(21)12(22)15(16,27-8)20-5-4-9(19-25)18-14(20)24/h4-5,7-8,10-12,21-22,25H,3,6,16-17H2,1-2H3,(H,18,19,24)/t7-,8-,10?,11-,12-,15+/m1/s1. The first-order chi connectivity index (χ1) is 12.7. The van der Waals surface area contributed by atoms with Crippen molar-refractivity contribution in [3.8, 4) is 0 Å². The summed E-state index contributed by atoms with van der Waals surface area (Å²) >= 11 is 0. The van der Waals surface area contributed by atoms with Crippen molar-refractivity contribution in [3.63, 3.8) is 0 Å². The molecule has 12 heteroatoms. The third kappa shape index (κ3) is 4.14. The quantitative estimate of drug-likeness (QED) is 0.190. The van der Waals surface area contributed by atoms with Crippen LogP contribution in [0.5, 0.6) is 0 Å². The number of nitrogens with one attached hydrogen (secondary N) is 1.